The zero-order valence-electron chi connectivity index (χ0n) is 6.55. The first-order valence-corrected chi connectivity index (χ1v) is 3.70. The fourth-order valence-electron chi connectivity index (χ4n) is 0.519. The Morgan fingerprint density at radius 2 is 2.30 bits per heavy atom. The number of nitrogens with two attached hydrogens (primary N) is 1. The molecule has 0 aromatic rings. The number of hydrogen-bond acceptors (Lipinski definition) is 3. The Bertz CT molecular complexity index is 68.6. The van der Waals surface area contributed by atoms with Crippen LogP contribution < -0.4 is 5.73 Å². The van der Waals surface area contributed by atoms with Crippen molar-refractivity contribution in [2.45, 2.75) is 13.3 Å². The van der Waals surface area contributed by atoms with Crippen LogP contribution in [0.2, 0.25) is 0 Å². The number of rotatable bonds is 6. The maximum atomic E-state index is 8.38. The van der Waals surface area contributed by atoms with Crippen molar-refractivity contribution in [3.05, 3.63) is 0 Å². The largest absolute Gasteiger partial charge is 0.396 e. The molecule has 0 aliphatic carbocycles. The van der Waals surface area contributed by atoms with Crippen molar-refractivity contribution in [3.63, 3.8) is 0 Å². The first-order chi connectivity index (χ1) is 4.81. The van der Waals surface area contributed by atoms with E-state index in [-0.39, 0.29) is 6.61 Å². The molecule has 3 N–H and O–H groups in total. The summed E-state index contributed by atoms with van der Waals surface area (Å²) >= 11 is 0. The smallest absolute Gasteiger partial charge is 0.0503 e. The summed E-state index contributed by atoms with van der Waals surface area (Å²) in [6, 6.07) is 0. The summed E-state index contributed by atoms with van der Waals surface area (Å²) < 4.78 is 5.19. The van der Waals surface area contributed by atoms with E-state index in [1.165, 1.54) is 0 Å². The third-order valence-corrected chi connectivity index (χ3v) is 1.25. The van der Waals surface area contributed by atoms with Crippen molar-refractivity contribution in [3.8, 4) is 0 Å². The zero-order valence-corrected chi connectivity index (χ0v) is 6.55. The van der Waals surface area contributed by atoms with Crippen LogP contribution in [-0.2, 0) is 4.74 Å². The summed E-state index contributed by atoms with van der Waals surface area (Å²) in [5.41, 5.74) is 5.36. The lowest BCUT2D eigenvalue weighted by Gasteiger charge is -2.07. The van der Waals surface area contributed by atoms with Crippen LogP contribution in [0.1, 0.15) is 13.3 Å². The minimum atomic E-state index is 0.205. The molecule has 3 heteroatoms. The Morgan fingerprint density at radius 1 is 1.60 bits per heavy atom. The number of ether oxygens (including phenoxy) is 1. The second-order valence-electron chi connectivity index (χ2n) is 2.49. The molecule has 0 aromatic heterocycles. The van der Waals surface area contributed by atoms with E-state index in [4.69, 9.17) is 15.6 Å². The molecular weight excluding hydrogens is 130 g/mol. The highest BCUT2D eigenvalue weighted by Crippen LogP contribution is 1.92. The fourth-order valence-corrected chi connectivity index (χ4v) is 0.519. The lowest BCUT2D eigenvalue weighted by atomic mass is 10.2. The molecule has 3 nitrogen and oxygen atoms in total. The highest BCUT2D eigenvalue weighted by molar-refractivity contribution is 4.49. The average molecular weight is 147 g/mol. The molecule has 0 aliphatic rings. The normalized spacial score (nSPS) is 13.5. The summed E-state index contributed by atoms with van der Waals surface area (Å²) in [5.74, 6) is 0.429. The predicted molar refractivity (Wildman–Crippen MR) is 40.7 cm³/mol. The van der Waals surface area contributed by atoms with Gasteiger partial charge in [0.05, 0.1) is 6.61 Å². The summed E-state index contributed by atoms with van der Waals surface area (Å²) in [6.45, 7) is 4.26. The topological polar surface area (TPSA) is 55.5 Å². The molecular formula is C7H17NO2. The van der Waals surface area contributed by atoms with Crippen LogP contribution >= 0.6 is 0 Å². The summed E-state index contributed by atoms with van der Waals surface area (Å²) in [4.78, 5) is 0. The van der Waals surface area contributed by atoms with Gasteiger partial charge in [-0.15, -0.1) is 0 Å². The van der Waals surface area contributed by atoms with Crippen molar-refractivity contribution in [2.75, 3.05) is 26.4 Å². The molecule has 0 spiro atoms. The Kier molecular flexibility index (Phi) is 6.91. The minimum Gasteiger partial charge on any atom is -0.396 e. The lowest BCUT2D eigenvalue weighted by Crippen LogP contribution is -2.17. The van der Waals surface area contributed by atoms with Gasteiger partial charge in [0.15, 0.2) is 0 Å². The first-order valence-electron chi connectivity index (χ1n) is 3.70. The molecule has 0 radical (unpaired) electrons. The van der Waals surface area contributed by atoms with Crippen LogP contribution in [-0.4, -0.2) is 31.5 Å². The van der Waals surface area contributed by atoms with Gasteiger partial charge in [-0.1, -0.05) is 6.92 Å². The third-order valence-electron chi connectivity index (χ3n) is 1.25. The monoisotopic (exact) mass is 147 g/mol. The highest BCUT2D eigenvalue weighted by Gasteiger charge is 1.96. The van der Waals surface area contributed by atoms with Crippen LogP contribution in [0.15, 0.2) is 0 Å². The maximum absolute atomic E-state index is 8.38. The summed E-state index contributed by atoms with van der Waals surface area (Å²) in [5, 5.41) is 8.38. The molecule has 10 heavy (non-hydrogen) atoms. The molecule has 62 valence electrons. The maximum Gasteiger partial charge on any atom is 0.0503 e. The molecule has 0 fully saturated rings. The van der Waals surface area contributed by atoms with E-state index in [1.807, 2.05) is 6.92 Å². The molecule has 1 unspecified atom stereocenters. The van der Waals surface area contributed by atoms with Crippen molar-refractivity contribution in [1.29, 1.82) is 0 Å². The molecule has 0 saturated heterocycles. The summed E-state index contributed by atoms with van der Waals surface area (Å²) in [7, 11) is 0. The van der Waals surface area contributed by atoms with Crippen LogP contribution in [0.25, 0.3) is 0 Å². The summed E-state index contributed by atoms with van der Waals surface area (Å²) in [6.07, 6.45) is 0.720. The third kappa shape index (κ3) is 6.01. The van der Waals surface area contributed by atoms with Crippen molar-refractivity contribution >= 4 is 0 Å². The van der Waals surface area contributed by atoms with Gasteiger partial charge in [0.1, 0.15) is 0 Å². The van der Waals surface area contributed by atoms with E-state index in [0.29, 0.717) is 25.7 Å². The van der Waals surface area contributed by atoms with Crippen LogP contribution in [0, 0.1) is 5.92 Å². The number of aliphatic hydroxyl groups is 1. The molecule has 0 aromatic carbocycles. The van der Waals surface area contributed by atoms with E-state index >= 15 is 0 Å². The molecule has 1 atom stereocenters. The van der Waals surface area contributed by atoms with Gasteiger partial charge < -0.3 is 15.6 Å². The Balaban J connectivity index is 2.89. The van der Waals surface area contributed by atoms with E-state index < -0.39 is 0 Å². The van der Waals surface area contributed by atoms with Crippen LogP contribution in [0.3, 0.4) is 0 Å². The van der Waals surface area contributed by atoms with E-state index in [2.05, 4.69) is 0 Å². The van der Waals surface area contributed by atoms with E-state index in [0.717, 1.165) is 6.42 Å². The molecule has 0 bridgehead atoms. The highest BCUT2D eigenvalue weighted by atomic mass is 16.5. The Labute approximate surface area is 62.2 Å². The fraction of sp³-hybridized carbons (Fsp3) is 1.00. The molecule has 0 heterocycles. The predicted octanol–water partition coefficient (Wildman–Crippen LogP) is -0.0198. The number of aliphatic hydroxyl groups excluding tert-OH is 1. The lowest BCUT2D eigenvalue weighted by molar-refractivity contribution is 0.0931. The van der Waals surface area contributed by atoms with Gasteiger partial charge in [0.25, 0.3) is 0 Å². The van der Waals surface area contributed by atoms with E-state index in [9.17, 15) is 0 Å². The standard InChI is InChI=1S/C7H17NO2/c1-7(5-8)6-10-4-2-3-9/h7,9H,2-6,8H2,1H3. The second-order valence-corrected chi connectivity index (χ2v) is 2.49. The van der Waals surface area contributed by atoms with Crippen molar-refractivity contribution in [1.82, 2.24) is 0 Å². The Morgan fingerprint density at radius 3 is 2.80 bits per heavy atom. The quantitative estimate of drug-likeness (QED) is 0.519. The molecule has 0 aliphatic heterocycles. The average Bonchev–Trinajstić information content (AvgIpc) is 1.98. The first kappa shape index (κ1) is 9.88. The van der Waals surface area contributed by atoms with E-state index in [1.54, 1.807) is 0 Å². The van der Waals surface area contributed by atoms with Gasteiger partial charge in [-0.2, -0.15) is 0 Å². The van der Waals surface area contributed by atoms with Gasteiger partial charge >= 0.3 is 0 Å². The zero-order chi connectivity index (χ0) is 7.82. The molecule has 0 saturated carbocycles. The Hall–Kier alpha value is -0.120. The molecule has 0 rings (SSSR count). The van der Waals surface area contributed by atoms with Crippen molar-refractivity contribution < 1.29 is 9.84 Å². The number of hydrogen-bond donors (Lipinski definition) is 2. The van der Waals surface area contributed by atoms with Gasteiger partial charge in [-0.05, 0) is 18.9 Å². The van der Waals surface area contributed by atoms with Crippen LogP contribution in [0.5, 0.6) is 0 Å². The second kappa shape index (κ2) is 6.99. The molecule has 0 amide bonds. The van der Waals surface area contributed by atoms with Crippen molar-refractivity contribution in [2.24, 2.45) is 11.7 Å². The minimum absolute atomic E-state index is 0.205. The van der Waals surface area contributed by atoms with Gasteiger partial charge in [-0.25, -0.2) is 0 Å². The SMILES string of the molecule is CC(CN)COCCCO. The van der Waals surface area contributed by atoms with Gasteiger partial charge in [0, 0.05) is 13.2 Å². The van der Waals surface area contributed by atoms with Gasteiger partial charge in [0.2, 0.25) is 0 Å². The van der Waals surface area contributed by atoms with Crippen LogP contribution in [0.4, 0.5) is 0 Å². The van der Waals surface area contributed by atoms with Gasteiger partial charge in [-0.3, -0.25) is 0 Å².